The fourth-order valence-electron chi connectivity index (χ4n) is 2.60. The quantitative estimate of drug-likeness (QED) is 0.575. The summed E-state index contributed by atoms with van der Waals surface area (Å²) in [6, 6.07) is 27.6. The Bertz CT molecular complexity index is 776. The first-order valence-electron chi connectivity index (χ1n) is 9.12. The van der Waals surface area contributed by atoms with Crippen LogP contribution in [0.1, 0.15) is 11.1 Å². The molecule has 1 unspecified atom stereocenters. The van der Waals surface area contributed by atoms with E-state index in [9.17, 15) is 5.11 Å². The number of hydrogen-bond donors (Lipinski definition) is 2. The molecule has 140 valence electrons. The van der Waals surface area contributed by atoms with Crippen molar-refractivity contribution in [2.75, 3.05) is 13.2 Å². The molecule has 0 fully saturated rings. The molecule has 3 rings (SSSR count). The van der Waals surface area contributed by atoms with E-state index in [1.54, 1.807) is 0 Å². The number of ether oxygens (including phenoxy) is 2. The largest absolute Gasteiger partial charge is 0.491 e. The number of aliphatic hydroxyl groups excluding tert-OH is 1. The van der Waals surface area contributed by atoms with E-state index in [1.807, 2.05) is 72.8 Å². The lowest BCUT2D eigenvalue weighted by molar-refractivity contribution is 0.106. The fourth-order valence-corrected chi connectivity index (χ4v) is 2.60. The zero-order chi connectivity index (χ0) is 18.7. The van der Waals surface area contributed by atoms with E-state index < -0.39 is 6.10 Å². The van der Waals surface area contributed by atoms with E-state index in [4.69, 9.17) is 9.47 Å². The lowest BCUT2D eigenvalue weighted by atomic mass is 10.2. The number of benzene rings is 3. The van der Waals surface area contributed by atoms with Gasteiger partial charge in [-0.2, -0.15) is 0 Å². The van der Waals surface area contributed by atoms with E-state index in [0.29, 0.717) is 18.9 Å². The maximum Gasteiger partial charge on any atom is 0.120 e. The minimum Gasteiger partial charge on any atom is -0.491 e. The highest BCUT2D eigenvalue weighted by Gasteiger charge is 2.05. The highest BCUT2D eigenvalue weighted by atomic mass is 16.5. The van der Waals surface area contributed by atoms with Crippen LogP contribution in [0.5, 0.6) is 11.5 Å². The van der Waals surface area contributed by atoms with Crippen LogP contribution in [0.4, 0.5) is 0 Å². The molecule has 4 nitrogen and oxygen atoms in total. The smallest absolute Gasteiger partial charge is 0.120 e. The van der Waals surface area contributed by atoms with Crippen LogP contribution < -0.4 is 14.8 Å². The third-order valence-electron chi connectivity index (χ3n) is 4.07. The molecule has 0 saturated heterocycles. The average molecular weight is 363 g/mol. The van der Waals surface area contributed by atoms with Crippen molar-refractivity contribution < 1.29 is 14.6 Å². The molecule has 0 aromatic heterocycles. The van der Waals surface area contributed by atoms with Crippen molar-refractivity contribution in [2.45, 2.75) is 19.3 Å². The number of rotatable bonds is 10. The second-order valence-electron chi connectivity index (χ2n) is 6.33. The van der Waals surface area contributed by atoms with Crippen molar-refractivity contribution in [1.82, 2.24) is 5.32 Å². The Morgan fingerprint density at radius 1 is 0.704 bits per heavy atom. The predicted octanol–water partition coefficient (Wildman–Crippen LogP) is 3.80. The van der Waals surface area contributed by atoms with Crippen molar-refractivity contribution in [1.29, 1.82) is 0 Å². The maximum absolute atomic E-state index is 10.0. The Balaban J connectivity index is 1.35. The van der Waals surface area contributed by atoms with Gasteiger partial charge in [0.1, 0.15) is 30.8 Å². The van der Waals surface area contributed by atoms with Gasteiger partial charge in [0.05, 0.1) is 0 Å². The SMILES string of the molecule is OC(CNCc1ccccc1)COc1ccc(OCc2ccccc2)cc1. The monoisotopic (exact) mass is 363 g/mol. The lowest BCUT2D eigenvalue weighted by Gasteiger charge is -2.14. The van der Waals surface area contributed by atoms with Crippen molar-refractivity contribution in [2.24, 2.45) is 0 Å². The lowest BCUT2D eigenvalue weighted by Crippen LogP contribution is -2.31. The molecule has 0 radical (unpaired) electrons. The predicted molar refractivity (Wildman–Crippen MR) is 107 cm³/mol. The van der Waals surface area contributed by atoms with Crippen LogP contribution >= 0.6 is 0 Å². The van der Waals surface area contributed by atoms with Crippen LogP contribution in [-0.2, 0) is 13.2 Å². The number of aliphatic hydroxyl groups is 1. The average Bonchev–Trinajstić information content (AvgIpc) is 2.73. The fraction of sp³-hybridized carbons (Fsp3) is 0.217. The molecule has 2 N–H and O–H groups in total. The second kappa shape index (κ2) is 10.4. The van der Waals surface area contributed by atoms with Crippen LogP contribution in [0.25, 0.3) is 0 Å². The highest BCUT2D eigenvalue weighted by molar-refractivity contribution is 5.31. The topological polar surface area (TPSA) is 50.7 Å². The van der Waals surface area contributed by atoms with Gasteiger partial charge in [-0.3, -0.25) is 0 Å². The van der Waals surface area contributed by atoms with Crippen LogP contribution in [-0.4, -0.2) is 24.4 Å². The molecule has 0 saturated carbocycles. The molecule has 0 bridgehead atoms. The summed E-state index contributed by atoms with van der Waals surface area (Å²) in [6.45, 7) is 1.98. The first-order valence-corrected chi connectivity index (χ1v) is 9.12. The Kier molecular flexibility index (Phi) is 7.27. The molecule has 0 amide bonds. The van der Waals surface area contributed by atoms with Crippen molar-refractivity contribution in [3.63, 3.8) is 0 Å². The maximum atomic E-state index is 10.0. The standard InChI is InChI=1S/C23H25NO3/c25-21(16-24-15-19-7-3-1-4-8-19)18-27-23-13-11-22(12-14-23)26-17-20-9-5-2-6-10-20/h1-14,21,24-25H,15-18H2. The Morgan fingerprint density at radius 3 is 1.89 bits per heavy atom. The summed E-state index contributed by atoms with van der Waals surface area (Å²) in [4.78, 5) is 0. The molecule has 0 aliphatic heterocycles. The molecule has 0 spiro atoms. The van der Waals surface area contributed by atoms with Gasteiger partial charge >= 0.3 is 0 Å². The first kappa shape index (κ1) is 19.0. The molecular formula is C23H25NO3. The van der Waals surface area contributed by atoms with Crippen LogP contribution in [0, 0.1) is 0 Å². The summed E-state index contributed by atoms with van der Waals surface area (Å²) in [5, 5.41) is 13.3. The summed E-state index contributed by atoms with van der Waals surface area (Å²) in [5.41, 5.74) is 2.32. The third kappa shape index (κ3) is 6.77. The number of nitrogens with one attached hydrogen (secondary N) is 1. The molecule has 0 heterocycles. The van der Waals surface area contributed by atoms with Crippen molar-refractivity contribution >= 4 is 0 Å². The van der Waals surface area contributed by atoms with Crippen LogP contribution in [0.2, 0.25) is 0 Å². The minimum absolute atomic E-state index is 0.242. The van der Waals surface area contributed by atoms with E-state index in [2.05, 4.69) is 17.4 Å². The van der Waals surface area contributed by atoms with Gasteiger partial charge in [-0.15, -0.1) is 0 Å². The summed E-state index contributed by atoms with van der Waals surface area (Å²) in [6.07, 6.45) is -0.567. The van der Waals surface area contributed by atoms with E-state index >= 15 is 0 Å². The molecular weight excluding hydrogens is 338 g/mol. The van der Waals surface area contributed by atoms with Gasteiger partial charge in [0.25, 0.3) is 0 Å². The summed E-state index contributed by atoms with van der Waals surface area (Å²) in [5.74, 6) is 1.50. The van der Waals surface area contributed by atoms with Crippen molar-refractivity contribution in [3.8, 4) is 11.5 Å². The molecule has 27 heavy (non-hydrogen) atoms. The molecule has 0 aliphatic carbocycles. The summed E-state index contributed by atoms with van der Waals surface area (Å²) < 4.78 is 11.4. The number of hydrogen-bond acceptors (Lipinski definition) is 4. The molecule has 1 atom stereocenters. The zero-order valence-corrected chi connectivity index (χ0v) is 15.3. The Labute approximate surface area is 160 Å². The van der Waals surface area contributed by atoms with Crippen LogP contribution in [0.3, 0.4) is 0 Å². The van der Waals surface area contributed by atoms with Crippen molar-refractivity contribution in [3.05, 3.63) is 96.1 Å². The van der Waals surface area contributed by atoms with Crippen LogP contribution in [0.15, 0.2) is 84.9 Å². The van der Waals surface area contributed by atoms with Gasteiger partial charge in [-0.1, -0.05) is 60.7 Å². The summed E-state index contributed by atoms with van der Waals surface area (Å²) in [7, 11) is 0. The third-order valence-corrected chi connectivity index (χ3v) is 4.07. The van der Waals surface area contributed by atoms with E-state index in [0.717, 1.165) is 17.9 Å². The zero-order valence-electron chi connectivity index (χ0n) is 15.3. The van der Waals surface area contributed by atoms with Gasteiger partial charge in [-0.05, 0) is 35.4 Å². The molecule has 0 aliphatic rings. The minimum atomic E-state index is -0.567. The van der Waals surface area contributed by atoms with E-state index in [-0.39, 0.29) is 6.61 Å². The Hall–Kier alpha value is -2.82. The van der Waals surface area contributed by atoms with E-state index in [1.165, 1.54) is 5.56 Å². The van der Waals surface area contributed by atoms with Gasteiger partial charge in [-0.25, -0.2) is 0 Å². The first-order chi connectivity index (χ1) is 13.3. The molecule has 4 heteroatoms. The Morgan fingerprint density at radius 2 is 1.26 bits per heavy atom. The highest BCUT2D eigenvalue weighted by Crippen LogP contribution is 2.18. The molecule has 3 aromatic carbocycles. The normalized spacial score (nSPS) is 11.7. The van der Waals surface area contributed by atoms with Gasteiger partial charge in [0, 0.05) is 13.1 Å². The molecule has 3 aromatic rings. The summed E-state index contributed by atoms with van der Waals surface area (Å²) >= 11 is 0. The van der Waals surface area contributed by atoms with Gasteiger partial charge in [0.2, 0.25) is 0 Å². The van der Waals surface area contributed by atoms with Gasteiger partial charge < -0.3 is 19.9 Å². The van der Waals surface area contributed by atoms with Gasteiger partial charge in [0.15, 0.2) is 0 Å². The second-order valence-corrected chi connectivity index (χ2v) is 6.33.